The molecular formula is C9H10F3NOS. The van der Waals surface area contributed by atoms with Crippen molar-refractivity contribution < 1.29 is 17.9 Å². The van der Waals surface area contributed by atoms with Gasteiger partial charge >= 0.3 is 6.18 Å². The van der Waals surface area contributed by atoms with Gasteiger partial charge in [-0.3, -0.25) is 0 Å². The van der Waals surface area contributed by atoms with E-state index in [4.69, 9.17) is 4.74 Å². The summed E-state index contributed by atoms with van der Waals surface area (Å²) in [4.78, 5) is -0.617. The van der Waals surface area contributed by atoms with Gasteiger partial charge in [-0.2, -0.15) is 13.2 Å². The van der Waals surface area contributed by atoms with Gasteiger partial charge in [-0.05, 0) is 19.1 Å². The Morgan fingerprint density at radius 1 is 1.40 bits per heavy atom. The Labute approximate surface area is 89.1 Å². The van der Waals surface area contributed by atoms with E-state index in [0.29, 0.717) is 29.5 Å². The predicted molar refractivity (Wildman–Crippen MR) is 51.2 cm³/mol. The summed E-state index contributed by atoms with van der Waals surface area (Å²) in [5.41, 5.74) is -0.353. The van der Waals surface area contributed by atoms with Crippen molar-refractivity contribution in [2.24, 2.45) is 0 Å². The average molecular weight is 237 g/mol. The second-order valence-corrected chi connectivity index (χ2v) is 4.82. The maximum absolute atomic E-state index is 12.3. The van der Waals surface area contributed by atoms with Gasteiger partial charge in [-0.1, -0.05) is 11.3 Å². The van der Waals surface area contributed by atoms with Gasteiger partial charge in [0.05, 0.1) is 0 Å². The molecule has 0 radical (unpaired) electrons. The fraction of sp³-hybridized carbons (Fsp3) is 0.556. The predicted octanol–water partition coefficient (Wildman–Crippen LogP) is 2.51. The topological polar surface area (TPSA) is 21.3 Å². The monoisotopic (exact) mass is 237 g/mol. The van der Waals surface area contributed by atoms with Crippen LogP contribution in [0.2, 0.25) is 0 Å². The molecule has 2 heterocycles. The quantitative estimate of drug-likeness (QED) is 0.853. The highest BCUT2D eigenvalue weighted by atomic mass is 32.1. The first-order chi connectivity index (χ1) is 6.89. The summed E-state index contributed by atoms with van der Waals surface area (Å²) in [5, 5.41) is 3.34. The van der Waals surface area contributed by atoms with E-state index in [9.17, 15) is 13.2 Å². The van der Waals surface area contributed by atoms with Crippen LogP contribution in [0.4, 0.5) is 13.2 Å². The lowest BCUT2D eigenvalue weighted by molar-refractivity contribution is -0.134. The molecule has 15 heavy (non-hydrogen) atoms. The molecule has 0 spiro atoms. The molecule has 0 bridgehead atoms. The number of halogens is 3. The molecule has 0 amide bonds. The summed E-state index contributed by atoms with van der Waals surface area (Å²) in [6, 6.07) is 2.42. The van der Waals surface area contributed by atoms with Gasteiger partial charge in [0, 0.05) is 13.1 Å². The third kappa shape index (κ3) is 2.26. The Morgan fingerprint density at radius 2 is 2.07 bits per heavy atom. The van der Waals surface area contributed by atoms with Crippen molar-refractivity contribution in [3.63, 3.8) is 0 Å². The number of nitrogens with one attached hydrogen (secondary N) is 1. The van der Waals surface area contributed by atoms with Gasteiger partial charge in [-0.15, -0.1) is 0 Å². The minimum absolute atomic E-state index is 0.325. The molecule has 1 saturated heterocycles. The van der Waals surface area contributed by atoms with Crippen molar-refractivity contribution in [3.8, 4) is 5.06 Å². The van der Waals surface area contributed by atoms with E-state index in [0.717, 1.165) is 6.07 Å². The van der Waals surface area contributed by atoms with Crippen LogP contribution in [-0.4, -0.2) is 18.7 Å². The second-order valence-electron chi connectivity index (χ2n) is 3.77. The summed E-state index contributed by atoms with van der Waals surface area (Å²) in [6.07, 6.45) is -4.27. The fourth-order valence-corrected chi connectivity index (χ4v) is 2.17. The fourth-order valence-electron chi connectivity index (χ4n) is 1.32. The van der Waals surface area contributed by atoms with Crippen LogP contribution in [0.1, 0.15) is 11.8 Å². The molecule has 0 aromatic carbocycles. The molecule has 0 saturated carbocycles. The standard InChI is InChI=1S/C9H10F3NOS/c1-8(4-13-5-8)14-7-3-2-6(15-7)9(10,11)12/h2-3,13H,4-5H2,1H3. The number of hydrogen-bond donors (Lipinski definition) is 1. The summed E-state index contributed by atoms with van der Waals surface area (Å²) in [6.45, 7) is 3.22. The minimum Gasteiger partial charge on any atom is -0.475 e. The Bertz CT molecular complexity index is 356. The summed E-state index contributed by atoms with van der Waals surface area (Å²) >= 11 is 0.641. The van der Waals surface area contributed by atoms with Crippen LogP contribution in [0, 0.1) is 0 Å². The van der Waals surface area contributed by atoms with Crippen LogP contribution in [0.5, 0.6) is 5.06 Å². The van der Waals surface area contributed by atoms with Crippen LogP contribution >= 0.6 is 11.3 Å². The highest BCUT2D eigenvalue weighted by molar-refractivity contribution is 7.13. The zero-order valence-electron chi connectivity index (χ0n) is 8.02. The Hall–Kier alpha value is -0.750. The first-order valence-electron chi connectivity index (χ1n) is 4.46. The first kappa shape index (κ1) is 10.8. The lowest BCUT2D eigenvalue weighted by atomic mass is 10.0. The summed E-state index contributed by atoms with van der Waals surface area (Å²) in [7, 11) is 0. The number of thiophene rings is 1. The molecule has 2 rings (SSSR count). The molecular weight excluding hydrogens is 227 g/mol. The van der Waals surface area contributed by atoms with Crippen molar-refractivity contribution in [2.75, 3.05) is 13.1 Å². The van der Waals surface area contributed by atoms with Crippen molar-refractivity contribution >= 4 is 11.3 Å². The lowest BCUT2D eigenvalue weighted by Gasteiger charge is -2.38. The van der Waals surface area contributed by atoms with Crippen molar-refractivity contribution in [2.45, 2.75) is 18.7 Å². The van der Waals surface area contributed by atoms with Crippen molar-refractivity contribution in [1.29, 1.82) is 0 Å². The maximum Gasteiger partial charge on any atom is 0.425 e. The SMILES string of the molecule is CC1(Oc2ccc(C(F)(F)F)s2)CNC1. The van der Waals surface area contributed by atoms with Crippen molar-refractivity contribution in [3.05, 3.63) is 17.0 Å². The van der Waals surface area contributed by atoms with Gasteiger partial charge in [0.1, 0.15) is 10.5 Å². The third-order valence-electron chi connectivity index (χ3n) is 2.21. The highest BCUT2D eigenvalue weighted by Gasteiger charge is 2.36. The van der Waals surface area contributed by atoms with Crippen LogP contribution in [0.15, 0.2) is 12.1 Å². The van der Waals surface area contributed by atoms with Gasteiger partial charge in [0.2, 0.25) is 0 Å². The number of rotatable bonds is 2. The zero-order chi connectivity index (χ0) is 11.1. The lowest BCUT2D eigenvalue weighted by Crippen LogP contribution is -2.60. The molecule has 1 aromatic heterocycles. The van der Waals surface area contributed by atoms with E-state index in [2.05, 4.69) is 5.32 Å². The molecule has 1 fully saturated rings. The van der Waals surface area contributed by atoms with Gasteiger partial charge in [-0.25, -0.2) is 0 Å². The number of hydrogen-bond acceptors (Lipinski definition) is 3. The maximum atomic E-state index is 12.3. The molecule has 0 atom stereocenters. The van der Waals surface area contributed by atoms with Crippen molar-refractivity contribution in [1.82, 2.24) is 5.32 Å². The van der Waals surface area contributed by atoms with E-state index in [1.54, 1.807) is 0 Å². The van der Waals surface area contributed by atoms with Crippen LogP contribution < -0.4 is 10.1 Å². The number of alkyl halides is 3. The first-order valence-corrected chi connectivity index (χ1v) is 5.27. The second kappa shape index (κ2) is 3.38. The van der Waals surface area contributed by atoms with E-state index in [1.165, 1.54) is 6.07 Å². The Kier molecular flexibility index (Phi) is 2.42. The Morgan fingerprint density at radius 3 is 2.47 bits per heavy atom. The molecule has 0 aliphatic carbocycles. The van der Waals surface area contributed by atoms with Crippen LogP contribution in [0.25, 0.3) is 0 Å². The summed E-state index contributed by atoms with van der Waals surface area (Å²) in [5.74, 6) is 0. The zero-order valence-corrected chi connectivity index (χ0v) is 8.84. The average Bonchev–Trinajstić information content (AvgIpc) is 2.49. The smallest absolute Gasteiger partial charge is 0.425 e. The highest BCUT2D eigenvalue weighted by Crippen LogP contribution is 2.39. The van der Waals surface area contributed by atoms with Gasteiger partial charge in [0.25, 0.3) is 0 Å². The van der Waals surface area contributed by atoms with E-state index >= 15 is 0 Å². The largest absolute Gasteiger partial charge is 0.475 e. The molecule has 1 aliphatic rings. The van der Waals surface area contributed by atoms with Gasteiger partial charge in [0.15, 0.2) is 5.06 Å². The van der Waals surface area contributed by atoms with E-state index in [1.807, 2.05) is 6.92 Å². The molecule has 0 unspecified atom stereocenters. The van der Waals surface area contributed by atoms with E-state index in [-0.39, 0.29) is 5.60 Å². The minimum atomic E-state index is -4.27. The normalized spacial score (nSPS) is 19.7. The molecule has 6 heteroatoms. The molecule has 2 nitrogen and oxygen atoms in total. The molecule has 1 aliphatic heterocycles. The van der Waals surface area contributed by atoms with Gasteiger partial charge < -0.3 is 10.1 Å². The third-order valence-corrected chi connectivity index (χ3v) is 3.21. The molecule has 1 N–H and O–H groups in total. The van der Waals surface area contributed by atoms with E-state index < -0.39 is 11.1 Å². The molecule has 1 aromatic rings. The number of ether oxygens (including phenoxy) is 1. The Balaban J connectivity index is 2.07. The van der Waals surface area contributed by atoms with Crippen LogP contribution in [-0.2, 0) is 6.18 Å². The summed E-state index contributed by atoms with van der Waals surface area (Å²) < 4.78 is 42.3. The van der Waals surface area contributed by atoms with Crippen LogP contribution in [0.3, 0.4) is 0 Å². The molecule has 84 valence electrons.